The van der Waals surface area contributed by atoms with Crippen molar-refractivity contribution in [2.24, 2.45) is 0 Å². The van der Waals surface area contributed by atoms with Gasteiger partial charge in [-0.15, -0.1) is 0 Å². The van der Waals surface area contributed by atoms with Crippen molar-refractivity contribution in [2.75, 3.05) is 0 Å². The number of rotatable bonds is 0. The first-order valence-corrected chi connectivity index (χ1v) is 9.10. The number of aromatic hydroxyl groups is 8. The number of hydrogen-bond acceptors (Lipinski definition) is 8. The number of benzene rings is 4. The fourth-order valence-electron chi connectivity index (χ4n) is 1.86. The van der Waals surface area contributed by atoms with E-state index in [-0.39, 0.29) is 72.2 Å². The summed E-state index contributed by atoms with van der Waals surface area (Å²) in [5.41, 5.74) is 0. The van der Waals surface area contributed by atoms with E-state index >= 15 is 0 Å². The van der Waals surface area contributed by atoms with Gasteiger partial charge in [-0.05, 0) is 48.5 Å². The van der Waals surface area contributed by atoms with Gasteiger partial charge >= 0.3 is 0 Å². The summed E-state index contributed by atoms with van der Waals surface area (Å²) in [4.78, 5) is 0. The summed E-state index contributed by atoms with van der Waals surface area (Å²) in [6.07, 6.45) is 0. The Labute approximate surface area is 209 Å². The molecule has 0 saturated heterocycles. The van der Waals surface area contributed by atoms with Crippen molar-refractivity contribution < 1.29 is 67.1 Å². The molecular formula is C24H24O8Zr. The van der Waals surface area contributed by atoms with E-state index in [4.69, 9.17) is 40.9 Å². The summed E-state index contributed by atoms with van der Waals surface area (Å²) < 4.78 is 0. The van der Waals surface area contributed by atoms with Crippen molar-refractivity contribution in [2.45, 2.75) is 0 Å². The summed E-state index contributed by atoms with van der Waals surface area (Å²) in [6, 6.07) is 24.6. The van der Waals surface area contributed by atoms with Gasteiger partial charge in [-0.2, -0.15) is 0 Å². The minimum absolute atomic E-state index is 0. The fourth-order valence-corrected chi connectivity index (χ4v) is 1.86. The Morgan fingerprint density at radius 1 is 0.242 bits per heavy atom. The monoisotopic (exact) mass is 530 g/mol. The second-order valence-electron chi connectivity index (χ2n) is 5.95. The zero-order chi connectivity index (χ0) is 23.9. The third kappa shape index (κ3) is 12.0. The van der Waals surface area contributed by atoms with Crippen LogP contribution in [0.5, 0.6) is 46.0 Å². The first-order valence-electron chi connectivity index (χ1n) is 9.10. The normalized spacial score (nSPS) is 8.73. The first-order chi connectivity index (χ1) is 15.2. The second kappa shape index (κ2) is 15.9. The van der Waals surface area contributed by atoms with Crippen LogP contribution in [-0.4, -0.2) is 40.9 Å². The van der Waals surface area contributed by atoms with Gasteiger partial charge in [0.15, 0.2) is 46.0 Å². The molecule has 0 saturated carbocycles. The SMILES string of the molecule is Oc1ccccc1O.Oc1ccccc1O.Oc1ccccc1O.Oc1ccccc1O.[Zr]. The molecule has 0 aliphatic rings. The molecule has 0 bridgehead atoms. The minimum atomic E-state index is -0.0764. The van der Waals surface area contributed by atoms with Crippen molar-refractivity contribution in [3.05, 3.63) is 97.1 Å². The Morgan fingerprint density at radius 2 is 0.333 bits per heavy atom. The van der Waals surface area contributed by atoms with Crippen LogP contribution in [0.15, 0.2) is 97.1 Å². The molecule has 9 heteroatoms. The Morgan fingerprint density at radius 3 is 0.394 bits per heavy atom. The molecule has 4 aromatic carbocycles. The van der Waals surface area contributed by atoms with Crippen molar-refractivity contribution >= 4 is 0 Å². The van der Waals surface area contributed by atoms with E-state index in [0.717, 1.165) is 0 Å². The predicted molar refractivity (Wildman–Crippen MR) is 119 cm³/mol. The van der Waals surface area contributed by atoms with Gasteiger partial charge in [-0.25, -0.2) is 0 Å². The van der Waals surface area contributed by atoms with E-state index in [1.54, 1.807) is 48.5 Å². The summed E-state index contributed by atoms with van der Waals surface area (Å²) in [5.74, 6) is -0.611. The van der Waals surface area contributed by atoms with E-state index < -0.39 is 0 Å². The van der Waals surface area contributed by atoms with Gasteiger partial charge in [0.25, 0.3) is 0 Å². The Kier molecular flexibility index (Phi) is 14.0. The van der Waals surface area contributed by atoms with Crippen molar-refractivity contribution in [3.8, 4) is 46.0 Å². The smallest absolute Gasteiger partial charge is 0.157 e. The molecule has 172 valence electrons. The summed E-state index contributed by atoms with van der Waals surface area (Å²) in [6.45, 7) is 0. The maximum atomic E-state index is 8.67. The molecule has 0 aliphatic carbocycles. The van der Waals surface area contributed by atoms with Gasteiger partial charge in [0.05, 0.1) is 0 Å². The van der Waals surface area contributed by atoms with Gasteiger partial charge in [0.1, 0.15) is 0 Å². The van der Waals surface area contributed by atoms with Gasteiger partial charge < -0.3 is 40.9 Å². The average molecular weight is 532 g/mol. The molecule has 4 aromatic rings. The summed E-state index contributed by atoms with van der Waals surface area (Å²) in [7, 11) is 0. The van der Waals surface area contributed by atoms with E-state index in [1.165, 1.54) is 48.5 Å². The molecule has 0 unspecified atom stereocenters. The standard InChI is InChI=1S/4C6H6O2.Zr/c4*7-5-3-1-2-4-6(5)8;/h4*1-4,7-8H;. The maximum Gasteiger partial charge on any atom is 0.157 e. The largest absolute Gasteiger partial charge is 0.504 e. The van der Waals surface area contributed by atoms with Crippen LogP contribution >= 0.6 is 0 Å². The molecule has 0 amide bonds. The molecule has 8 N–H and O–H groups in total. The molecule has 0 heterocycles. The van der Waals surface area contributed by atoms with Crippen LogP contribution in [0.4, 0.5) is 0 Å². The van der Waals surface area contributed by atoms with E-state index in [2.05, 4.69) is 0 Å². The van der Waals surface area contributed by atoms with E-state index in [0.29, 0.717) is 0 Å². The number of para-hydroxylation sites is 8. The van der Waals surface area contributed by atoms with Crippen LogP contribution < -0.4 is 0 Å². The third-order valence-corrected chi connectivity index (χ3v) is 3.53. The zero-order valence-corrected chi connectivity index (χ0v) is 19.8. The number of phenols is 8. The molecule has 33 heavy (non-hydrogen) atoms. The van der Waals surface area contributed by atoms with E-state index in [1.807, 2.05) is 0 Å². The van der Waals surface area contributed by atoms with Gasteiger partial charge in [0, 0.05) is 26.2 Å². The van der Waals surface area contributed by atoms with Crippen LogP contribution in [0.25, 0.3) is 0 Å². The second-order valence-corrected chi connectivity index (χ2v) is 5.95. The molecule has 0 radical (unpaired) electrons. The fraction of sp³-hybridized carbons (Fsp3) is 0. The molecule has 0 spiro atoms. The van der Waals surface area contributed by atoms with Gasteiger partial charge in [0.2, 0.25) is 0 Å². The predicted octanol–water partition coefficient (Wildman–Crippen LogP) is 4.39. The van der Waals surface area contributed by atoms with Crippen molar-refractivity contribution in [1.82, 2.24) is 0 Å². The Hall–Kier alpha value is -3.84. The molecule has 0 atom stereocenters. The molecule has 0 fully saturated rings. The topological polar surface area (TPSA) is 162 Å². The maximum absolute atomic E-state index is 8.67. The minimum Gasteiger partial charge on any atom is -0.504 e. The first kappa shape index (κ1) is 29.2. The molecule has 4 rings (SSSR count). The number of phenolic OH excluding ortho intramolecular Hbond substituents is 8. The van der Waals surface area contributed by atoms with E-state index in [9.17, 15) is 0 Å². The van der Waals surface area contributed by atoms with Gasteiger partial charge in [-0.3, -0.25) is 0 Å². The molecule has 0 aromatic heterocycles. The molecule has 8 nitrogen and oxygen atoms in total. The molecular weight excluding hydrogens is 507 g/mol. The summed E-state index contributed by atoms with van der Waals surface area (Å²) in [5, 5.41) is 69.4. The van der Waals surface area contributed by atoms with Crippen molar-refractivity contribution in [3.63, 3.8) is 0 Å². The van der Waals surface area contributed by atoms with Crippen LogP contribution in [0, 0.1) is 0 Å². The van der Waals surface area contributed by atoms with Gasteiger partial charge in [-0.1, -0.05) is 48.5 Å². The Bertz CT molecular complexity index is 831. The van der Waals surface area contributed by atoms with Crippen LogP contribution in [-0.2, 0) is 26.2 Å². The quantitative estimate of drug-likeness (QED) is 0.155. The van der Waals surface area contributed by atoms with Crippen LogP contribution in [0.2, 0.25) is 0 Å². The number of hydrogen-bond donors (Lipinski definition) is 8. The molecule has 0 aliphatic heterocycles. The Balaban J connectivity index is 0.000000410. The van der Waals surface area contributed by atoms with Crippen LogP contribution in [0.3, 0.4) is 0 Å². The third-order valence-electron chi connectivity index (χ3n) is 3.53. The van der Waals surface area contributed by atoms with Crippen LogP contribution in [0.1, 0.15) is 0 Å². The van der Waals surface area contributed by atoms with Crippen molar-refractivity contribution in [1.29, 1.82) is 0 Å². The average Bonchev–Trinajstić information content (AvgIpc) is 2.78. The summed E-state index contributed by atoms with van der Waals surface area (Å²) >= 11 is 0. The zero-order valence-electron chi connectivity index (χ0n) is 17.3.